The Morgan fingerprint density at radius 2 is 2.20 bits per heavy atom. The van der Waals surface area contributed by atoms with E-state index < -0.39 is 16.0 Å². The predicted octanol–water partition coefficient (Wildman–Crippen LogP) is 1.29. The van der Waals surface area contributed by atoms with Gasteiger partial charge < -0.3 is 9.67 Å². The molecule has 0 amide bonds. The van der Waals surface area contributed by atoms with Crippen molar-refractivity contribution < 1.29 is 18.3 Å². The Hall–Kier alpha value is -1.78. The van der Waals surface area contributed by atoms with Crippen molar-refractivity contribution in [2.75, 3.05) is 6.54 Å². The van der Waals surface area contributed by atoms with E-state index in [-0.39, 0.29) is 17.1 Å². The molecule has 0 aliphatic carbocycles. The van der Waals surface area contributed by atoms with Crippen LogP contribution >= 0.6 is 0 Å². The molecule has 110 valence electrons. The van der Waals surface area contributed by atoms with Crippen LogP contribution in [-0.2, 0) is 16.6 Å². The minimum absolute atomic E-state index is 0.0272. The molecule has 0 unspecified atom stereocenters. The van der Waals surface area contributed by atoms with Gasteiger partial charge in [-0.1, -0.05) is 6.92 Å². The van der Waals surface area contributed by atoms with Crippen LogP contribution in [0.1, 0.15) is 37.2 Å². The van der Waals surface area contributed by atoms with Gasteiger partial charge in [-0.25, -0.2) is 17.9 Å². The first-order valence-corrected chi connectivity index (χ1v) is 7.73. The number of carboxylic acids is 1. The quantitative estimate of drug-likeness (QED) is 0.586. The maximum Gasteiger partial charge on any atom is 0.352 e. The van der Waals surface area contributed by atoms with Gasteiger partial charge >= 0.3 is 5.97 Å². The summed E-state index contributed by atoms with van der Waals surface area (Å²) < 4.78 is 27.9. The van der Waals surface area contributed by atoms with Gasteiger partial charge in [-0.15, -0.1) is 11.8 Å². The Labute approximate surface area is 118 Å². The number of hydrogen-bond donors (Lipinski definition) is 2. The highest BCUT2D eigenvalue weighted by atomic mass is 32.2. The molecule has 1 heterocycles. The van der Waals surface area contributed by atoms with Crippen molar-refractivity contribution >= 4 is 16.0 Å². The topological polar surface area (TPSA) is 88.4 Å². The van der Waals surface area contributed by atoms with Gasteiger partial charge in [0.1, 0.15) is 10.6 Å². The fourth-order valence-electron chi connectivity index (χ4n) is 1.69. The first kappa shape index (κ1) is 16.3. The summed E-state index contributed by atoms with van der Waals surface area (Å²) in [6.07, 6.45) is 2.48. The average molecular weight is 298 g/mol. The number of carboxylic acid groups (broad SMARTS) is 1. The molecule has 0 saturated carbocycles. The molecule has 1 rings (SSSR count). The van der Waals surface area contributed by atoms with Gasteiger partial charge in [0.2, 0.25) is 10.0 Å². The van der Waals surface area contributed by atoms with E-state index in [9.17, 15) is 13.2 Å². The maximum atomic E-state index is 12.0. The normalized spacial score (nSPS) is 10.9. The van der Waals surface area contributed by atoms with Crippen molar-refractivity contribution in [3.8, 4) is 11.8 Å². The summed E-state index contributed by atoms with van der Waals surface area (Å²) in [6.45, 7) is 4.23. The van der Waals surface area contributed by atoms with Gasteiger partial charge in [-0.3, -0.25) is 0 Å². The SMILES string of the molecule is CC#CCCNS(=O)(=O)c1cc(C(=O)O)n(CCC)c1. The Bertz CT molecular complexity index is 635. The number of aryl methyl sites for hydroxylation is 1. The smallest absolute Gasteiger partial charge is 0.352 e. The van der Waals surface area contributed by atoms with Crippen LogP contribution in [-0.4, -0.2) is 30.6 Å². The van der Waals surface area contributed by atoms with Crippen molar-refractivity contribution in [1.82, 2.24) is 9.29 Å². The Kier molecular flexibility index (Phi) is 5.80. The van der Waals surface area contributed by atoms with E-state index in [2.05, 4.69) is 16.6 Å². The van der Waals surface area contributed by atoms with Crippen LogP contribution in [0.2, 0.25) is 0 Å². The van der Waals surface area contributed by atoms with Gasteiger partial charge in [-0.05, 0) is 19.4 Å². The molecule has 0 bridgehead atoms. The summed E-state index contributed by atoms with van der Waals surface area (Å²) in [6, 6.07) is 1.17. The third-order valence-corrected chi connectivity index (χ3v) is 4.01. The molecule has 0 aromatic carbocycles. The lowest BCUT2D eigenvalue weighted by Crippen LogP contribution is -2.24. The van der Waals surface area contributed by atoms with E-state index in [1.54, 1.807) is 6.92 Å². The summed E-state index contributed by atoms with van der Waals surface area (Å²) >= 11 is 0. The molecule has 20 heavy (non-hydrogen) atoms. The molecule has 0 spiro atoms. The molecule has 6 nitrogen and oxygen atoms in total. The zero-order valence-corrected chi connectivity index (χ0v) is 12.3. The first-order chi connectivity index (χ1) is 9.42. The molecule has 0 aliphatic heterocycles. The molecule has 0 fully saturated rings. The number of aromatic nitrogens is 1. The van der Waals surface area contributed by atoms with Crippen LogP contribution < -0.4 is 4.72 Å². The molecule has 7 heteroatoms. The predicted molar refractivity (Wildman–Crippen MR) is 74.9 cm³/mol. The Balaban J connectivity index is 2.96. The number of sulfonamides is 1. The molecule has 0 aliphatic rings. The molecular formula is C13H18N2O4S. The lowest BCUT2D eigenvalue weighted by atomic mass is 10.4. The van der Waals surface area contributed by atoms with Crippen molar-refractivity contribution in [2.24, 2.45) is 0 Å². The molecule has 1 aromatic heterocycles. The standard InChI is InChI=1S/C13H18N2O4S/c1-3-5-6-7-14-20(18,19)11-9-12(13(16)17)15(10-11)8-4-2/h9-10,14H,4,6-8H2,1-2H3,(H,16,17). The molecule has 1 aromatic rings. The van der Waals surface area contributed by atoms with E-state index in [1.165, 1.54) is 16.8 Å². The number of nitrogens with zero attached hydrogens (tertiary/aromatic N) is 1. The van der Waals surface area contributed by atoms with Gasteiger partial charge in [0.25, 0.3) is 0 Å². The Morgan fingerprint density at radius 1 is 1.50 bits per heavy atom. The number of rotatable bonds is 7. The zero-order valence-electron chi connectivity index (χ0n) is 11.5. The van der Waals surface area contributed by atoms with Gasteiger partial charge in [-0.2, -0.15) is 0 Å². The van der Waals surface area contributed by atoms with Gasteiger partial charge in [0.15, 0.2) is 0 Å². The summed E-state index contributed by atoms with van der Waals surface area (Å²) in [5.41, 5.74) is -0.0272. The number of hydrogen-bond acceptors (Lipinski definition) is 3. The van der Waals surface area contributed by atoms with Gasteiger partial charge in [0.05, 0.1) is 0 Å². The maximum absolute atomic E-state index is 12.0. The third kappa shape index (κ3) is 4.11. The first-order valence-electron chi connectivity index (χ1n) is 6.25. The van der Waals surface area contributed by atoms with E-state index in [0.29, 0.717) is 19.4 Å². The highest BCUT2D eigenvalue weighted by molar-refractivity contribution is 7.89. The lowest BCUT2D eigenvalue weighted by Gasteiger charge is -2.03. The number of carbonyl (C=O) groups is 1. The molecule has 0 atom stereocenters. The Morgan fingerprint density at radius 3 is 2.75 bits per heavy atom. The number of nitrogens with one attached hydrogen (secondary N) is 1. The molecule has 2 N–H and O–H groups in total. The largest absolute Gasteiger partial charge is 0.477 e. The van der Waals surface area contributed by atoms with Crippen molar-refractivity contribution in [1.29, 1.82) is 0 Å². The van der Waals surface area contributed by atoms with E-state index in [1.807, 2.05) is 6.92 Å². The van der Waals surface area contributed by atoms with Crippen LogP contribution in [0, 0.1) is 11.8 Å². The molecular weight excluding hydrogens is 280 g/mol. The van der Waals surface area contributed by atoms with Crippen LogP contribution in [0.3, 0.4) is 0 Å². The summed E-state index contributed by atoms with van der Waals surface area (Å²) in [5, 5.41) is 9.06. The monoisotopic (exact) mass is 298 g/mol. The van der Waals surface area contributed by atoms with Crippen LogP contribution in [0.25, 0.3) is 0 Å². The van der Waals surface area contributed by atoms with Crippen LogP contribution in [0.5, 0.6) is 0 Å². The minimum atomic E-state index is -3.70. The fraction of sp³-hybridized carbons (Fsp3) is 0.462. The third-order valence-electron chi connectivity index (χ3n) is 2.58. The second kappa shape index (κ2) is 7.12. The molecule has 0 radical (unpaired) electrons. The van der Waals surface area contributed by atoms with E-state index >= 15 is 0 Å². The average Bonchev–Trinajstić information content (AvgIpc) is 2.80. The highest BCUT2D eigenvalue weighted by Gasteiger charge is 2.20. The summed E-state index contributed by atoms with van der Waals surface area (Å²) in [5.74, 6) is 4.28. The van der Waals surface area contributed by atoms with E-state index in [4.69, 9.17) is 5.11 Å². The van der Waals surface area contributed by atoms with Crippen molar-refractivity contribution in [3.63, 3.8) is 0 Å². The summed E-state index contributed by atoms with van der Waals surface area (Å²) in [7, 11) is -3.70. The number of aromatic carboxylic acids is 1. The second-order valence-corrected chi connectivity index (χ2v) is 5.90. The van der Waals surface area contributed by atoms with Crippen LogP contribution in [0.4, 0.5) is 0 Å². The minimum Gasteiger partial charge on any atom is -0.477 e. The zero-order chi connectivity index (χ0) is 15.2. The lowest BCUT2D eigenvalue weighted by molar-refractivity contribution is 0.0685. The van der Waals surface area contributed by atoms with Crippen LogP contribution in [0.15, 0.2) is 17.2 Å². The second-order valence-electron chi connectivity index (χ2n) is 4.13. The van der Waals surface area contributed by atoms with Crippen molar-refractivity contribution in [3.05, 3.63) is 18.0 Å². The fourth-order valence-corrected chi connectivity index (χ4v) is 2.76. The van der Waals surface area contributed by atoms with Gasteiger partial charge in [0, 0.05) is 25.7 Å². The highest BCUT2D eigenvalue weighted by Crippen LogP contribution is 2.15. The van der Waals surface area contributed by atoms with E-state index in [0.717, 1.165) is 0 Å². The molecule has 0 saturated heterocycles. The summed E-state index contributed by atoms with van der Waals surface area (Å²) in [4.78, 5) is 11.0. The van der Waals surface area contributed by atoms with Crippen molar-refractivity contribution in [2.45, 2.75) is 38.1 Å².